The van der Waals surface area contributed by atoms with Gasteiger partial charge in [-0.3, -0.25) is 14.5 Å². The van der Waals surface area contributed by atoms with E-state index in [1.165, 1.54) is 19.3 Å². The van der Waals surface area contributed by atoms with Gasteiger partial charge in [-0.05, 0) is 19.9 Å². The average molecular weight is 269 g/mol. The van der Waals surface area contributed by atoms with Crippen LogP contribution in [0.15, 0.2) is 0 Å². The van der Waals surface area contributed by atoms with Gasteiger partial charge < -0.3 is 9.80 Å². The summed E-state index contributed by atoms with van der Waals surface area (Å²) in [5.74, 6) is 0.136. The van der Waals surface area contributed by atoms with Crippen LogP contribution in [-0.2, 0) is 9.59 Å². The highest BCUT2D eigenvalue weighted by molar-refractivity contribution is 5.81. The molecule has 1 aliphatic carbocycles. The van der Waals surface area contributed by atoms with Crippen molar-refractivity contribution in [2.24, 2.45) is 0 Å². The van der Waals surface area contributed by atoms with Gasteiger partial charge in [0, 0.05) is 27.2 Å². The maximum Gasteiger partial charge on any atom is 0.236 e. The van der Waals surface area contributed by atoms with Crippen molar-refractivity contribution in [1.29, 1.82) is 0 Å². The van der Waals surface area contributed by atoms with Gasteiger partial charge in [-0.2, -0.15) is 0 Å². The van der Waals surface area contributed by atoms with E-state index in [0.717, 1.165) is 12.8 Å². The second-order valence-corrected chi connectivity index (χ2v) is 5.76. The number of hydrogen-bond acceptors (Lipinski definition) is 3. The SMILES string of the molecule is CN(CC(=O)N(C)C)CC(=O)N(C)C1CCCCC1. The van der Waals surface area contributed by atoms with Gasteiger partial charge in [-0.15, -0.1) is 0 Å². The summed E-state index contributed by atoms with van der Waals surface area (Å²) in [7, 11) is 7.16. The highest BCUT2D eigenvalue weighted by Crippen LogP contribution is 2.21. The fourth-order valence-electron chi connectivity index (χ4n) is 2.44. The fraction of sp³-hybridized carbons (Fsp3) is 0.857. The molecular formula is C14H27N3O2. The molecule has 0 unspecified atom stereocenters. The lowest BCUT2D eigenvalue weighted by Gasteiger charge is -2.32. The fourth-order valence-corrected chi connectivity index (χ4v) is 2.44. The van der Waals surface area contributed by atoms with Crippen molar-refractivity contribution in [2.45, 2.75) is 38.1 Å². The Morgan fingerprint density at radius 2 is 1.42 bits per heavy atom. The molecule has 0 aromatic rings. The number of hydrogen-bond donors (Lipinski definition) is 0. The van der Waals surface area contributed by atoms with Crippen LogP contribution in [0.1, 0.15) is 32.1 Å². The summed E-state index contributed by atoms with van der Waals surface area (Å²) in [6.45, 7) is 0.601. The summed E-state index contributed by atoms with van der Waals surface area (Å²) in [6.07, 6.45) is 5.95. The highest BCUT2D eigenvalue weighted by atomic mass is 16.2. The molecule has 1 aliphatic rings. The molecule has 0 aromatic carbocycles. The van der Waals surface area contributed by atoms with Crippen LogP contribution >= 0.6 is 0 Å². The summed E-state index contributed by atoms with van der Waals surface area (Å²) in [5, 5.41) is 0. The van der Waals surface area contributed by atoms with Gasteiger partial charge >= 0.3 is 0 Å². The van der Waals surface area contributed by atoms with Crippen molar-refractivity contribution in [3.05, 3.63) is 0 Å². The minimum atomic E-state index is 0.0237. The average Bonchev–Trinajstić information content (AvgIpc) is 2.38. The summed E-state index contributed by atoms with van der Waals surface area (Å²) in [5.41, 5.74) is 0. The predicted octanol–water partition coefficient (Wildman–Crippen LogP) is 0.798. The van der Waals surface area contributed by atoms with Crippen molar-refractivity contribution in [3.63, 3.8) is 0 Å². The smallest absolute Gasteiger partial charge is 0.236 e. The van der Waals surface area contributed by atoms with Crippen LogP contribution in [0.25, 0.3) is 0 Å². The van der Waals surface area contributed by atoms with E-state index in [2.05, 4.69) is 0 Å². The van der Waals surface area contributed by atoms with Gasteiger partial charge in [0.15, 0.2) is 0 Å². The first kappa shape index (κ1) is 16.0. The number of nitrogens with zero attached hydrogens (tertiary/aromatic N) is 3. The molecule has 2 amide bonds. The second kappa shape index (κ2) is 7.48. The van der Waals surface area contributed by atoms with Gasteiger partial charge in [-0.25, -0.2) is 0 Å². The van der Waals surface area contributed by atoms with Crippen LogP contribution in [0.5, 0.6) is 0 Å². The summed E-state index contributed by atoms with van der Waals surface area (Å²) in [6, 6.07) is 0.388. The summed E-state index contributed by atoms with van der Waals surface area (Å²) in [4.78, 5) is 28.9. The molecule has 110 valence electrons. The molecule has 5 nitrogen and oxygen atoms in total. The quantitative estimate of drug-likeness (QED) is 0.741. The molecule has 19 heavy (non-hydrogen) atoms. The Kier molecular flexibility index (Phi) is 6.28. The zero-order valence-electron chi connectivity index (χ0n) is 12.7. The van der Waals surface area contributed by atoms with Crippen LogP contribution in [0.4, 0.5) is 0 Å². The molecule has 0 atom stereocenters. The normalized spacial score (nSPS) is 16.5. The Morgan fingerprint density at radius 1 is 0.895 bits per heavy atom. The number of carbonyl (C=O) groups is 2. The first-order valence-corrected chi connectivity index (χ1v) is 7.06. The van der Waals surface area contributed by atoms with E-state index in [9.17, 15) is 9.59 Å². The Morgan fingerprint density at radius 3 is 1.95 bits per heavy atom. The number of rotatable bonds is 5. The summed E-state index contributed by atoms with van der Waals surface area (Å²) < 4.78 is 0. The Balaban J connectivity index is 2.38. The van der Waals surface area contributed by atoms with Crippen LogP contribution in [0.2, 0.25) is 0 Å². The Hall–Kier alpha value is -1.10. The molecule has 0 spiro atoms. The van der Waals surface area contributed by atoms with Crippen molar-refractivity contribution < 1.29 is 9.59 Å². The standard InChI is InChI=1S/C14H27N3O2/c1-15(2)13(18)10-16(3)11-14(19)17(4)12-8-6-5-7-9-12/h12H,5-11H2,1-4H3. The van der Waals surface area contributed by atoms with Gasteiger partial charge in [0.05, 0.1) is 13.1 Å². The Bertz CT molecular complexity index is 312. The Labute approximate surface area is 116 Å². The van der Waals surface area contributed by atoms with E-state index < -0.39 is 0 Å². The van der Waals surface area contributed by atoms with E-state index in [1.54, 1.807) is 23.9 Å². The molecule has 0 radical (unpaired) electrons. The molecule has 0 bridgehead atoms. The van der Waals surface area contributed by atoms with Crippen LogP contribution in [0, 0.1) is 0 Å². The topological polar surface area (TPSA) is 43.9 Å². The third kappa shape index (κ3) is 5.19. The third-order valence-corrected chi connectivity index (χ3v) is 3.82. The molecule has 0 aromatic heterocycles. The molecule has 1 fully saturated rings. The summed E-state index contributed by atoms with van der Waals surface area (Å²) >= 11 is 0. The number of carbonyl (C=O) groups excluding carboxylic acids is 2. The largest absolute Gasteiger partial charge is 0.348 e. The van der Waals surface area contributed by atoms with Crippen molar-refractivity contribution in [1.82, 2.24) is 14.7 Å². The number of likely N-dealkylation sites (N-methyl/N-ethyl adjacent to an activating group) is 3. The minimum Gasteiger partial charge on any atom is -0.348 e. The van der Waals surface area contributed by atoms with E-state index in [1.807, 2.05) is 19.0 Å². The van der Waals surface area contributed by atoms with Gasteiger partial charge in [-0.1, -0.05) is 19.3 Å². The molecular weight excluding hydrogens is 242 g/mol. The molecule has 1 saturated carbocycles. The molecule has 0 saturated heterocycles. The van der Waals surface area contributed by atoms with Crippen LogP contribution in [-0.4, -0.2) is 73.8 Å². The second-order valence-electron chi connectivity index (χ2n) is 5.76. The lowest BCUT2D eigenvalue weighted by molar-refractivity contribution is -0.135. The highest BCUT2D eigenvalue weighted by Gasteiger charge is 2.23. The minimum absolute atomic E-state index is 0.0237. The zero-order valence-corrected chi connectivity index (χ0v) is 12.7. The third-order valence-electron chi connectivity index (χ3n) is 3.82. The zero-order chi connectivity index (χ0) is 14.4. The monoisotopic (exact) mass is 269 g/mol. The van der Waals surface area contributed by atoms with Crippen molar-refractivity contribution in [2.75, 3.05) is 41.3 Å². The van der Waals surface area contributed by atoms with Crippen LogP contribution in [0.3, 0.4) is 0 Å². The lowest BCUT2D eigenvalue weighted by Crippen LogP contribution is -2.45. The first-order chi connectivity index (χ1) is 8.91. The van der Waals surface area contributed by atoms with Gasteiger partial charge in [0.25, 0.3) is 0 Å². The van der Waals surface area contributed by atoms with E-state index >= 15 is 0 Å². The van der Waals surface area contributed by atoms with E-state index in [0.29, 0.717) is 12.6 Å². The molecule has 5 heteroatoms. The van der Waals surface area contributed by atoms with Gasteiger partial charge in [0.2, 0.25) is 11.8 Å². The van der Waals surface area contributed by atoms with Gasteiger partial charge in [0.1, 0.15) is 0 Å². The first-order valence-electron chi connectivity index (χ1n) is 7.06. The lowest BCUT2D eigenvalue weighted by atomic mass is 9.94. The maximum atomic E-state index is 12.2. The van der Waals surface area contributed by atoms with Crippen molar-refractivity contribution in [3.8, 4) is 0 Å². The van der Waals surface area contributed by atoms with Crippen molar-refractivity contribution >= 4 is 11.8 Å². The molecule has 0 N–H and O–H groups in total. The van der Waals surface area contributed by atoms with Crippen LogP contribution < -0.4 is 0 Å². The van der Waals surface area contributed by atoms with E-state index in [-0.39, 0.29) is 18.4 Å². The molecule has 0 aliphatic heterocycles. The van der Waals surface area contributed by atoms with E-state index in [4.69, 9.17) is 0 Å². The molecule has 0 heterocycles. The predicted molar refractivity (Wildman–Crippen MR) is 75.8 cm³/mol. The molecule has 1 rings (SSSR count). The number of amides is 2. The maximum absolute atomic E-state index is 12.2.